The van der Waals surface area contributed by atoms with E-state index in [0.717, 1.165) is 18.5 Å². The molecule has 0 fully saturated rings. The highest BCUT2D eigenvalue weighted by atomic mass is 16.4. The maximum absolute atomic E-state index is 12.4. The third-order valence-electron chi connectivity index (χ3n) is 3.29. The van der Waals surface area contributed by atoms with Gasteiger partial charge in [-0.25, -0.2) is 4.79 Å². The third-order valence-corrected chi connectivity index (χ3v) is 3.29. The van der Waals surface area contributed by atoms with E-state index in [1.54, 1.807) is 4.90 Å². The number of carbonyl (C=O) groups is 2. The first-order chi connectivity index (χ1) is 10.1. The van der Waals surface area contributed by atoms with Gasteiger partial charge in [0.2, 0.25) is 0 Å². The van der Waals surface area contributed by atoms with Gasteiger partial charge in [0.1, 0.15) is 0 Å². The lowest BCUT2D eigenvalue weighted by Gasteiger charge is -2.25. The molecule has 0 aliphatic heterocycles. The Bertz CT molecular complexity index is 448. The van der Waals surface area contributed by atoms with Gasteiger partial charge in [-0.15, -0.1) is 0 Å². The van der Waals surface area contributed by atoms with Gasteiger partial charge in [-0.1, -0.05) is 38.5 Å². The van der Waals surface area contributed by atoms with E-state index in [2.05, 4.69) is 12.2 Å². The number of amides is 2. The number of benzene rings is 1. The fraction of sp³-hybridized carbons (Fsp3) is 0.500. The van der Waals surface area contributed by atoms with E-state index in [-0.39, 0.29) is 18.5 Å². The number of rotatable bonds is 8. The van der Waals surface area contributed by atoms with Crippen molar-refractivity contribution in [3.8, 4) is 0 Å². The number of hydrogen-bond donors (Lipinski definition) is 2. The van der Waals surface area contributed by atoms with Crippen molar-refractivity contribution in [1.29, 1.82) is 0 Å². The Kier molecular flexibility index (Phi) is 7.29. The summed E-state index contributed by atoms with van der Waals surface area (Å²) >= 11 is 0. The van der Waals surface area contributed by atoms with Crippen LogP contribution in [0.25, 0.3) is 0 Å². The van der Waals surface area contributed by atoms with E-state index in [0.29, 0.717) is 13.0 Å². The summed E-state index contributed by atoms with van der Waals surface area (Å²) in [6.45, 7) is 4.56. The summed E-state index contributed by atoms with van der Waals surface area (Å²) in [7, 11) is 0. The highest BCUT2D eigenvalue weighted by Crippen LogP contribution is 2.15. The second-order valence-electron chi connectivity index (χ2n) is 4.99. The molecule has 2 N–H and O–H groups in total. The van der Waals surface area contributed by atoms with Gasteiger partial charge in [-0.05, 0) is 25.0 Å². The zero-order chi connectivity index (χ0) is 15.7. The number of nitrogens with one attached hydrogen (secondary N) is 1. The van der Waals surface area contributed by atoms with Crippen LogP contribution in [0.15, 0.2) is 30.3 Å². The minimum absolute atomic E-state index is 0.0569. The summed E-state index contributed by atoms with van der Waals surface area (Å²) in [6.07, 6.45) is 2.42. The minimum atomic E-state index is -0.901. The van der Waals surface area contributed by atoms with Crippen LogP contribution in [-0.2, 0) is 4.79 Å². The molecule has 0 saturated carbocycles. The molecule has 0 aliphatic rings. The number of hydrogen-bond acceptors (Lipinski definition) is 2. The van der Waals surface area contributed by atoms with Crippen molar-refractivity contribution in [1.82, 2.24) is 5.32 Å². The third kappa shape index (κ3) is 5.85. The summed E-state index contributed by atoms with van der Waals surface area (Å²) in [5.41, 5.74) is 0.827. The van der Waals surface area contributed by atoms with Gasteiger partial charge in [0.25, 0.3) is 0 Å². The van der Waals surface area contributed by atoms with Crippen LogP contribution in [0.4, 0.5) is 10.5 Å². The Balaban J connectivity index is 2.77. The van der Waals surface area contributed by atoms with Gasteiger partial charge in [0.15, 0.2) is 0 Å². The average Bonchev–Trinajstić information content (AvgIpc) is 2.47. The molecule has 0 spiro atoms. The summed E-state index contributed by atoms with van der Waals surface area (Å²) in [5.74, 6) is -0.901. The Morgan fingerprint density at radius 1 is 1.24 bits per heavy atom. The Morgan fingerprint density at radius 3 is 2.43 bits per heavy atom. The topological polar surface area (TPSA) is 69.6 Å². The van der Waals surface area contributed by atoms with Crippen LogP contribution < -0.4 is 10.2 Å². The predicted octanol–water partition coefficient (Wildman–Crippen LogP) is 3.26. The normalized spacial score (nSPS) is 11.7. The fourth-order valence-corrected chi connectivity index (χ4v) is 2.03. The monoisotopic (exact) mass is 292 g/mol. The van der Waals surface area contributed by atoms with Crippen LogP contribution in [0.1, 0.15) is 39.5 Å². The summed E-state index contributed by atoms with van der Waals surface area (Å²) < 4.78 is 0. The van der Waals surface area contributed by atoms with Gasteiger partial charge in [0, 0.05) is 18.3 Å². The number of unbranched alkanes of at least 4 members (excludes halogenated alkanes) is 1. The molecule has 0 bridgehead atoms. The summed E-state index contributed by atoms with van der Waals surface area (Å²) in [5, 5.41) is 11.7. The number of carboxylic acids is 1. The SMILES string of the molecule is CCCCN(C(=O)NC(CC)CC(=O)O)c1ccccc1. The Morgan fingerprint density at radius 2 is 1.90 bits per heavy atom. The largest absolute Gasteiger partial charge is 0.481 e. The standard InChI is InChI=1S/C16H24N2O3/c1-3-5-11-18(14-9-7-6-8-10-14)16(21)17-13(4-2)12-15(19)20/h6-10,13H,3-5,11-12H2,1-2H3,(H,17,21)(H,19,20). The average molecular weight is 292 g/mol. The fourth-order valence-electron chi connectivity index (χ4n) is 2.03. The molecule has 0 saturated heterocycles. The molecule has 1 aromatic rings. The van der Waals surface area contributed by atoms with E-state index in [1.807, 2.05) is 37.3 Å². The molecule has 116 valence electrons. The highest BCUT2D eigenvalue weighted by Gasteiger charge is 2.19. The molecule has 1 aromatic carbocycles. The van der Waals surface area contributed by atoms with Crippen LogP contribution in [-0.4, -0.2) is 29.7 Å². The predicted molar refractivity (Wildman–Crippen MR) is 83.6 cm³/mol. The van der Waals surface area contributed by atoms with Crippen molar-refractivity contribution in [2.75, 3.05) is 11.4 Å². The van der Waals surface area contributed by atoms with Crippen molar-refractivity contribution < 1.29 is 14.7 Å². The molecule has 1 unspecified atom stereocenters. The molecule has 0 aromatic heterocycles. The van der Waals surface area contributed by atoms with Crippen LogP contribution in [0.5, 0.6) is 0 Å². The molecule has 2 amide bonds. The highest BCUT2D eigenvalue weighted by molar-refractivity contribution is 5.92. The molecule has 5 nitrogen and oxygen atoms in total. The number of carbonyl (C=O) groups excluding carboxylic acids is 1. The number of carboxylic acid groups (broad SMARTS) is 1. The van der Waals surface area contributed by atoms with Gasteiger partial charge in [-0.3, -0.25) is 9.69 Å². The van der Waals surface area contributed by atoms with Crippen molar-refractivity contribution in [2.24, 2.45) is 0 Å². The van der Waals surface area contributed by atoms with E-state index in [4.69, 9.17) is 5.11 Å². The van der Waals surface area contributed by atoms with Crippen LogP contribution in [0.3, 0.4) is 0 Å². The first-order valence-electron chi connectivity index (χ1n) is 7.43. The lowest BCUT2D eigenvalue weighted by molar-refractivity contribution is -0.137. The maximum Gasteiger partial charge on any atom is 0.322 e. The van der Waals surface area contributed by atoms with E-state index < -0.39 is 5.97 Å². The van der Waals surface area contributed by atoms with Gasteiger partial charge in [0.05, 0.1) is 6.42 Å². The zero-order valence-electron chi connectivity index (χ0n) is 12.7. The van der Waals surface area contributed by atoms with Crippen molar-refractivity contribution in [2.45, 2.75) is 45.6 Å². The second-order valence-corrected chi connectivity index (χ2v) is 4.99. The molecule has 0 heterocycles. The van der Waals surface area contributed by atoms with Crippen LogP contribution >= 0.6 is 0 Å². The Hall–Kier alpha value is -2.04. The molecule has 1 atom stereocenters. The second kappa shape index (κ2) is 9.00. The quantitative estimate of drug-likeness (QED) is 0.772. The van der Waals surface area contributed by atoms with E-state index >= 15 is 0 Å². The summed E-state index contributed by atoms with van der Waals surface area (Å²) in [6, 6.07) is 8.86. The molecule has 1 rings (SSSR count). The molecule has 0 aliphatic carbocycles. The van der Waals surface area contributed by atoms with Gasteiger partial charge >= 0.3 is 12.0 Å². The zero-order valence-corrected chi connectivity index (χ0v) is 12.7. The molecule has 5 heteroatoms. The molecule has 21 heavy (non-hydrogen) atoms. The number of anilines is 1. The van der Waals surface area contributed by atoms with Gasteiger partial charge < -0.3 is 10.4 Å². The van der Waals surface area contributed by atoms with Crippen molar-refractivity contribution in [3.63, 3.8) is 0 Å². The van der Waals surface area contributed by atoms with Crippen LogP contribution in [0, 0.1) is 0 Å². The number of aliphatic carboxylic acids is 1. The van der Waals surface area contributed by atoms with Crippen molar-refractivity contribution in [3.05, 3.63) is 30.3 Å². The number of para-hydroxylation sites is 1. The van der Waals surface area contributed by atoms with Crippen LogP contribution in [0.2, 0.25) is 0 Å². The maximum atomic E-state index is 12.4. The lowest BCUT2D eigenvalue weighted by Crippen LogP contribution is -2.46. The van der Waals surface area contributed by atoms with E-state index in [1.165, 1.54) is 0 Å². The number of urea groups is 1. The molecular weight excluding hydrogens is 268 g/mol. The molecule has 0 radical (unpaired) electrons. The Labute approximate surface area is 126 Å². The molecular formula is C16H24N2O3. The minimum Gasteiger partial charge on any atom is -0.481 e. The summed E-state index contributed by atoms with van der Waals surface area (Å²) in [4.78, 5) is 24.9. The van der Waals surface area contributed by atoms with Crippen molar-refractivity contribution >= 4 is 17.7 Å². The van der Waals surface area contributed by atoms with E-state index in [9.17, 15) is 9.59 Å². The first kappa shape index (κ1) is 17.0. The number of nitrogens with zero attached hydrogens (tertiary/aromatic N) is 1. The smallest absolute Gasteiger partial charge is 0.322 e. The lowest BCUT2D eigenvalue weighted by atomic mass is 10.1. The first-order valence-corrected chi connectivity index (χ1v) is 7.43. The van der Waals surface area contributed by atoms with Gasteiger partial charge in [-0.2, -0.15) is 0 Å².